The Morgan fingerprint density at radius 3 is 2.86 bits per heavy atom. The summed E-state index contributed by atoms with van der Waals surface area (Å²) in [4.78, 5) is 28.8. The number of carbonyl (C=O) groups excluding carboxylic acids is 2. The Bertz CT molecular complexity index is 743. The molecule has 0 fully saturated rings. The fourth-order valence-corrected chi connectivity index (χ4v) is 3.04. The lowest BCUT2D eigenvalue weighted by Crippen LogP contribution is -2.46. The number of nitrogens with zero attached hydrogens (tertiary/aromatic N) is 1. The predicted molar refractivity (Wildman–Crippen MR) is 86.2 cm³/mol. The van der Waals surface area contributed by atoms with Gasteiger partial charge in [-0.25, -0.2) is 4.99 Å². The minimum Gasteiger partial charge on any atom is -0.296 e. The monoisotopic (exact) mass is 333 g/mol. The van der Waals surface area contributed by atoms with Crippen LogP contribution in [-0.2, 0) is 4.79 Å². The smallest absolute Gasteiger partial charge is 0.268 e. The summed E-state index contributed by atoms with van der Waals surface area (Å²) in [5.41, 5.74) is 0.766. The van der Waals surface area contributed by atoms with Crippen LogP contribution in [0.3, 0.4) is 0 Å². The molecule has 1 aromatic heterocycles. The fourth-order valence-electron chi connectivity index (χ4n) is 2.16. The van der Waals surface area contributed by atoms with Gasteiger partial charge in [0.15, 0.2) is 0 Å². The van der Waals surface area contributed by atoms with Crippen molar-refractivity contribution in [1.29, 1.82) is 0 Å². The SMILES string of the molecule is O=C1C[C@@H](c2ccccc2Cl)N=C(NC(=O)c2cccs2)N1. The molecule has 2 heterocycles. The van der Waals surface area contributed by atoms with E-state index in [-0.39, 0.29) is 24.2 Å². The summed E-state index contributed by atoms with van der Waals surface area (Å²) >= 11 is 7.47. The number of benzene rings is 1. The van der Waals surface area contributed by atoms with Gasteiger partial charge >= 0.3 is 0 Å². The zero-order chi connectivity index (χ0) is 15.5. The first-order valence-corrected chi connectivity index (χ1v) is 7.86. The Labute approximate surface area is 136 Å². The number of hydrogen-bond acceptors (Lipinski definition) is 4. The van der Waals surface area contributed by atoms with Gasteiger partial charge < -0.3 is 0 Å². The van der Waals surface area contributed by atoms with Gasteiger partial charge in [0.1, 0.15) is 0 Å². The van der Waals surface area contributed by atoms with Gasteiger partial charge in [-0.05, 0) is 23.1 Å². The standard InChI is InChI=1S/C15H12ClN3O2S/c16-10-5-2-1-4-9(10)11-8-13(20)18-15(17-11)19-14(21)12-6-3-7-22-12/h1-7,11H,8H2,(H2,17,18,19,20,21)/t11-/m0/s1. The maximum Gasteiger partial charge on any atom is 0.268 e. The molecular formula is C15H12ClN3O2S. The van der Waals surface area contributed by atoms with Crippen molar-refractivity contribution in [2.24, 2.45) is 4.99 Å². The number of guanidine groups is 1. The van der Waals surface area contributed by atoms with Crippen molar-refractivity contribution in [3.05, 3.63) is 57.2 Å². The third-order valence-electron chi connectivity index (χ3n) is 3.16. The number of amides is 2. The van der Waals surface area contributed by atoms with Gasteiger partial charge in [0.05, 0.1) is 17.3 Å². The molecule has 7 heteroatoms. The normalized spacial score (nSPS) is 17.6. The summed E-state index contributed by atoms with van der Waals surface area (Å²) in [5.74, 6) is -0.352. The van der Waals surface area contributed by atoms with Gasteiger partial charge in [-0.15, -0.1) is 11.3 Å². The second-order valence-corrected chi connectivity index (χ2v) is 6.05. The topological polar surface area (TPSA) is 70.6 Å². The van der Waals surface area contributed by atoms with E-state index in [1.54, 1.807) is 18.2 Å². The van der Waals surface area contributed by atoms with E-state index in [1.807, 2.05) is 23.6 Å². The molecule has 22 heavy (non-hydrogen) atoms. The Hall–Kier alpha value is -2.18. The average molecular weight is 334 g/mol. The highest BCUT2D eigenvalue weighted by atomic mass is 35.5. The molecule has 0 saturated heterocycles. The molecule has 0 radical (unpaired) electrons. The van der Waals surface area contributed by atoms with Crippen LogP contribution in [0.5, 0.6) is 0 Å². The van der Waals surface area contributed by atoms with Gasteiger partial charge in [-0.3, -0.25) is 20.2 Å². The first-order chi connectivity index (χ1) is 10.6. The molecule has 112 valence electrons. The van der Waals surface area contributed by atoms with Gasteiger partial charge in [0.2, 0.25) is 11.9 Å². The number of carbonyl (C=O) groups is 2. The van der Waals surface area contributed by atoms with Crippen LogP contribution in [0.15, 0.2) is 46.8 Å². The second kappa shape index (κ2) is 6.29. The third-order valence-corrected chi connectivity index (χ3v) is 4.38. The molecule has 1 aliphatic rings. The highest BCUT2D eigenvalue weighted by Crippen LogP contribution is 2.29. The molecule has 0 unspecified atom stereocenters. The molecule has 0 aliphatic carbocycles. The van der Waals surface area contributed by atoms with Crippen molar-refractivity contribution >= 4 is 40.7 Å². The molecule has 0 spiro atoms. The van der Waals surface area contributed by atoms with Gasteiger partial charge in [-0.1, -0.05) is 35.9 Å². The Balaban J connectivity index is 1.83. The summed E-state index contributed by atoms with van der Waals surface area (Å²) in [6, 6.07) is 10.3. The number of rotatable bonds is 2. The average Bonchev–Trinajstić information content (AvgIpc) is 3.01. The van der Waals surface area contributed by atoms with Crippen LogP contribution >= 0.6 is 22.9 Å². The van der Waals surface area contributed by atoms with Gasteiger partial charge in [0, 0.05) is 5.02 Å². The van der Waals surface area contributed by atoms with Crippen LogP contribution in [0, 0.1) is 0 Å². The fraction of sp³-hybridized carbons (Fsp3) is 0.133. The number of hydrogen-bond donors (Lipinski definition) is 2. The lowest BCUT2D eigenvalue weighted by Gasteiger charge is -2.21. The van der Waals surface area contributed by atoms with Gasteiger partial charge in [0.25, 0.3) is 5.91 Å². The zero-order valence-corrected chi connectivity index (χ0v) is 12.9. The van der Waals surface area contributed by atoms with Crippen molar-refractivity contribution < 1.29 is 9.59 Å². The van der Waals surface area contributed by atoms with E-state index in [0.29, 0.717) is 9.90 Å². The van der Waals surface area contributed by atoms with Crippen LogP contribution in [0.4, 0.5) is 0 Å². The molecule has 1 aromatic carbocycles. The minimum absolute atomic E-state index is 0.152. The first kappa shape index (κ1) is 14.7. The molecule has 5 nitrogen and oxygen atoms in total. The number of halogens is 1. The largest absolute Gasteiger partial charge is 0.296 e. The van der Waals surface area contributed by atoms with E-state index < -0.39 is 6.04 Å². The molecule has 2 aromatic rings. The molecule has 0 bridgehead atoms. The summed E-state index contributed by atoms with van der Waals surface area (Å²) in [6.45, 7) is 0. The van der Waals surface area contributed by atoms with Crippen LogP contribution < -0.4 is 10.6 Å². The molecule has 1 aliphatic heterocycles. The van der Waals surface area contributed by atoms with E-state index in [0.717, 1.165) is 5.56 Å². The lowest BCUT2D eigenvalue weighted by molar-refractivity contribution is -0.120. The van der Waals surface area contributed by atoms with E-state index in [2.05, 4.69) is 15.6 Å². The maximum atomic E-state index is 12.0. The Kier molecular flexibility index (Phi) is 4.22. The molecular weight excluding hydrogens is 322 g/mol. The number of aliphatic imine (C=N–C) groups is 1. The minimum atomic E-state index is -0.402. The molecule has 1 atom stereocenters. The van der Waals surface area contributed by atoms with Crippen molar-refractivity contribution in [2.45, 2.75) is 12.5 Å². The quantitative estimate of drug-likeness (QED) is 0.887. The first-order valence-electron chi connectivity index (χ1n) is 6.60. The maximum absolute atomic E-state index is 12.0. The highest BCUT2D eigenvalue weighted by molar-refractivity contribution is 7.12. The summed E-state index contributed by atoms with van der Waals surface area (Å²) in [7, 11) is 0. The van der Waals surface area contributed by atoms with Crippen molar-refractivity contribution in [1.82, 2.24) is 10.6 Å². The van der Waals surface area contributed by atoms with Crippen molar-refractivity contribution in [3.8, 4) is 0 Å². The van der Waals surface area contributed by atoms with Crippen LogP contribution in [0.1, 0.15) is 27.7 Å². The van der Waals surface area contributed by atoms with Crippen LogP contribution in [0.2, 0.25) is 5.02 Å². The Morgan fingerprint density at radius 2 is 2.14 bits per heavy atom. The lowest BCUT2D eigenvalue weighted by atomic mass is 10.0. The predicted octanol–water partition coefficient (Wildman–Crippen LogP) is 2.75. The third kappa shape index (κ3) is 3.18. The van der Waals surface area contributed by atoms with E-state index in [4.69, 9.17) is 11.6 Å². The van der Waals surface area contributed by atoms with Gasteiger partial charge in [-0.2, -0.15) is 0 Å². The van der Waals surface area contributed by atoms with Crippen LogP contribution in [-0.4, -0.2) is 17.8 Å². The molecule has 2 amide bonds. The Morgan fingerprint density at radius 1 is 1.32 bits per heavy atom. The summed E-state index contributed by atoms with van der Waals surface area (Å²) in [5, 5.41) is 7.55. The summed E-state index contributed by atoms with van der Waals surface area (Å²) in [6.07, 6.45) is 0.197. The second-order valence-electron chi connectivity index (χ2n) is 4.70. The van der Waals surface area contributed by atoms with Crippen molar-refractivity contribution in [3.63, 3.8) is 0 Å². The summed E-state index contributed by atoms with van der Waals surface area (Å²) < 4.78 is 0. The number of thiophene rings is 1. The molecule has 3 rings (SSSR count). The number of nitrogens with one attached hydrogen (secondary N) is 2. The van der Waals surface area contributed by atoms with Crippen LogP contribution in [0.25, 0.3) is 0 Å². The molecule has 0 saturated carbocycles. The molecule has 2 N–H and O–H groups in total. The van der Waals surface area contributed by atoms with E-state index in [1.165, 1.54) is 11.3 Å². The van der Waals surface area contributed by atoms with Crippen molar-refractivity contribution in [2.75, 3.05) is 0 Å². The highest BCUT2D eigenvalue weighted by Gasteiger charge is 2.25. The zero-order valence-electron chi connectivity index (χ0n) is 11.4. The van der Waals surface area contributed by atoms with E-state index in [9.17, 15) is 9.59 Å². The van der Waals surface area contributed by atoms with E-state index >= 15 is 0 Å².